The largest absolute Gasteiger partial charge is 0.492 e. The quantitative estimate of drug-likeness (QED) is 0.544. The minimum Gasteiger partial charge on any atom is -0.492 e. The highest BCUT2D eigenvalue weighted by Gasteiger charge is 2.19. The molecule has 3 aromatic rings. The highest BCUT2D eigenvalue weighted by molar-refractivity contribution is 5.88. The van der Waals surface area contributed by atoms with Crippen LogP contribution in [0.2, 0.25) is 0 Å². The van der Waals surface area contributed by atoms with Crippen molar-refractivity contribution in [3.05, 3.63) is 66.2 Å². The summed E-state index contributed by atoms with van der Waals surface area (Å²) < 4.78 is 6.36. The summed E-state index contributed by atoms with van der Waals surface area (Å²) in [5.74, 6) is 0.681. The van der Waals surface area contributed by atoms with E-state index >= 15 is 0 Å². The number of benzene rings is 3. The number of aryl methyl sites for hydroxylation is 1. The van der Waals surface area contributed by atoms with Crippen molar-refractivity contribution < 1.29 is 14.6 Å². The number of hydrogen-bond acceptors (Lipinski definition) is 2. The van der Waals surface area contributed by atoms with Gasteiger partial charge in [-0.25, -0.2) is 0 Å². The van der Waals surface area contributed by atoms with Gasteiger partial charge in [0.25, 0.3) is 0 Å². The maximum absolute atomic E-state index is 11.1. The topological polar surface area (TPSA) is 46.5 Å². The molecule has 1 aliphatic carbocycles. The smallest absolute Gasteiger partial charge is 0.303 e. The number of carboxylic acids is 1. The Hall–Kier alpha value is -2.81. The fourth-order valence-corrected chi connectivity index (χ4v) is 4.16. The third-order valence-corrected chi connectivity index (χ3v) is 5.70. The van der Waals surface area contributed by atoms with Gasteiger partial charge in [0.05, 0.1) is 6.61 Å². The van der Waals surface area contributed by atoms with Crippen LogP contribution in [0, 0.1) is 5.92 Å². The molecule has 3 nitrogen and oxygen atoms in total. The van der Waals surface area contributed by atoms with Crippen LogP contribution in [0.25, 0.3) is 21.9 Å². The van der Waals surface area contributed by atoms with Crippen LogP contribution < -0.4 is 4.74 Å². The van der Waals surface area contributed by atoms with Crippen molar-refractivity contribution in [3.8, 4) is 16.9 Å². The molecule has 144 valence electrons. The van der Waals surface area contributed by atoms with Crippen LogP contribution in [0.3, 0.4) is 0 Å². The van der Waals surface area contributed by atoms with Crippen molar-refractivity contribution in [3.63, 3.8) is 0 Å². The van der Waals surface area contributed by atoms with Gasteiger partial charge >= 0.3 is 5.97 Å². The number of carboxylic acid groups (broad SMARTS) is 1. The SMILES string of the molecule is O=C(O)CCc1cccc(-c2ccc3ccccc3c2)c1OCC1CCCC1. The molecular weight excluding hydrogens is 348 g/mol. The van der Waals surface area contributed by atoms with Crippen LogP contribution in [0.1, 0.15) is 37.7 Å². The Morgan fingerprint density at radius 1 is 0.964 bits per heavy atom. The number of hydrogen-bond donors (Lipinski definition) is 1. The molecule has 0 atom stereocenters. The number of fused-ring (bicyclic) bond motifs is 1. The maximum atomic E-state index is 11.1. The van der Waals surface area contributed by atoms with E-state index in [1.54, 1.807) is 0 Å². The predicted molar refractivity (Wildman–Crippen MR) is 113 cm³/mol. The Labute approximate surface area is 166 Å². The summed E-state index contributed by atoms with van der Waals surface area (Å²) in [6.45, 7) is 0.713. The minimum absolute atomic E-state index is 0.112. The summed E-state index contributed by atoms with van der Waals surface area (Å²) in [6, 6.07) is 20.9. The molecule has 3 aromatic carbocycles. The third-order valence-electron chi connectivity index (χ3n) is 5.70. The van der Waals surface area contributed by atoms with E-state index in [2.05, 4.69) is 36.4 Å². The van der Waals surface area contributed by atoms with Crippen molar-refractivity contribution in [2.45, 2.75) is 38.5 Å². The molecule has 0 spiro atoms. The lowest BCUT2D eigenvalue weighted by molar-refractivity contribution is -0.136. The van der Waals surface area contributed by atoms with E-state index in [4.69, 9.17) is 9.84 Å². The second-order valence-electron chi connectivity index (χ2n) is 7.71. The average Bonchev–Trinajstić information content (AvgIpc) is 3.24. The van der Waals surface area contributed by atoms with E-state index < -0.39 is 5.97 Å². The zero-order valence-electron chi connectivity index (χ0n) is 16.1. The first-order valence-electron chi connectivity index (χ1n) is 10.2. The molecule has 1 N–H and O–H groups in total. The monoisotopic (exact) mass is 374 g/mol. The lowest BCUT2D eigenvalue weighted by Gasteiger charge is -2.18. The standard InChI is InChI=1S/C25H26O3/c26-24(27)15-14-20-10-5-11-23(25(20)28-17-18-6-1-2-7-18)22-13-12-19-8-3-4-9-21(19)16-22/h3-5,8-13,16,18H,1-2,6-7,14-15,17H2,(H,26,27). The Bertz CT molecular complexity index is 970. The number of aliphatic carboxylic acids is 1. The van der Waals surface area contributed by atoms with Gasteiger partial charge in [0.2, 0.25) is 0 Å². The molecule has 1 saturated carbocycles. The summed E-state index contributed by atoms with van der Waals surface area (Å²) in [5, 5.41) is 11.5. The van der Waals surface area contributed by atoms with Gasteiger partial charge in [0, 0.05) is 12.0 Å². The van der Waals surface area contributed by atoms with Gasteiger partial charge in [-0.05, 0) is 53.1 Å². The zero-order valence-corrected chi connectivity index (χ0v) is 16.1. The van der Waals surface area contributed by atoms with Gasteiger partial charge in [-0.2, -0.15) is 0 Å². The Morgan fingerprint density at radius 2 is 1.75 bits per heavy atom. The molecule has 0 aromatic heterocycles. The second kappa shape index (κ2) is 8.47. The lowest BCUT2D eigenvalue weighted by atomic mass is 9.97. The molecule has 0 radical (unpaired) electrons. The number of carbonyl (C=O) groups is 1. The Morgan fingerprint density at radius 3 is 2.54 bits per heavy atom. The van der Waals surface area contributed by atoms with E-state index in [-0.39, 0.29) is 6.42 Å². The van der Waals surface area contributed by atoms with Gasteiger partial charge in [-0.3, -0.25) is 4.79 Å². The third kappa shape index (κ3) is 4.19. The number of ether oxygens (including phenoxy) is 1. The van der Waals surface area contributed by atoms with Crippen molar-refractivity contribution in [1.82, 2.24) is 0 Å². The first-order chi connectivity index (χ1) is 13.7. The molecule has 3 heteroatoms. The van der Waals surface area contributed by atoms with Gasteiger partial charge in [0.15, 0.2) is 0 Å². The fourth-order valence-electron chi connectivity index (χ4n) is 4.16. The summed E-state index contributed by atoms with van der Waals surface area (Å²) >= 11 is 0. The van der Waals surface area contributed by atoms with Crippen molar-refractivity contribution in [2.24, 2.45) is 5.92 Å². The molecule has 1 aliphatic rings. The fraction of sp³-hybridized carbons (Fsp3) is 0.320. The normalized spacial score (nSPS) is 14.4. The maximum Gasteiger partial charge on any atom is 0.303 e. The first kappa shape index (κ1) is 18.5. The van der Waals surface area contributed by atoms with Gasteiger partial charge in [-0.15, -0.1) is 0 Å². The molecule has 28 heavy (non-hydrogen) atoms. The van der Waals surface area contributed by atoms with Crippen molar-refractivity contribution >= 4 is 16.7 Å². The Kier molecular flexibility index (Phi) is 5.61. The molecule has 0 amide bonds. The predicted octanol–water partition coefficient (Wildman–Crippen LogP) is 6.09. The van der Waals surface area contributed by atoms with Crippen molar-refractivity contribution in [1.29, 1.82) is 0 Å². The second-order valence-corrected chi connectivity index (χ2v) is 7.71. The van der Waals surface area contributed by atoms with Crippen LogP contribution in [0.4, 0.5) is 0 Å². The summed E-state index contributed by atoms with van der Waals surface area (Å²) in [6.07, 6.45) is 5.61. The van der Waals surface area contributed by atoms with E-state index in [1.165, 1.54) is 36.5 Å². The molecule has 0 aliphatic heterocycles. The van der Waals surface area contributed by atoms with Crippen LogP contribution >= 0.6 is 0 Å². The molecule has 0 heterocycles. The summed E-state index contributed by atoms with van der Waals surface area (Å²) in [7, 11) is 0. The van der Waals surface area contributed by atoms with Crippen molar-refractivity contribution in [2.75, 3.05) is 6.61 Å². The van der Waals surface area contributed by atoms with E-state index in [0.717, 1.165) is 22.4 Å². The molecule has 0 saturated heterocycles. The zero-order chi connectivity index (χ0) is 19.3. The number of para-hydroxylation sites is 1. The van der Waals surface area contributed by atoms with Crippen LogP contribution in [-0.4, -0.2) is 17.7 Å². The molecule has 0 unspecified atom stereocenters. The number of rotatable bonds is 7. The van der Waals surface area contributed by atoms with Gasteiger partial charge in [-0.1, -0.05) is 67.4 Å². The molecule has 0 bridgehead atoms. The Balaban J connectivity index is 1.70. The summed E-state index contributed by atoms with van der Waals surface area (Å²) in [5.41, 5.74) is 3.13. The summed E-state index contributed by atoms with van der Waals surface area (Å²) in [4.78, 5) is 11.1. The van der Waals surface area contributed by atoms with E-state index in [9.17, 15) is 4.79 Å². The highest BCUT2D eigenvalue weighted by Crippen LogP contribution is 2.36. The van der Waals surface area contributed by atoms with Gasteiger partial charge in [0.1, 0.15) is 5.75 Å². The van der Waals surface area contributed by atoms with Gasteiger partial charge < -0.3 is 9.84 Å². The van der Waals surface area contributed by atoms with E-state index in [1.807, 2.05) is 24.3 Å². The average molecular weight is 374 g/mol. The minimum atomic E-state index is -0.780. The van der Waals surface area contributed by atoms with Crippen LogP contribution in [0.15, 0.2) is 60.7 Å². The molecule has 1 fully saturated rings. The highest BCUT2D eigenvalue weighted by atomic mass is 16.5. The van der Waals surface area contributed by atoms with Crippen LogP contribution in [-0.2, 0) is 11.2 Å². The van der Waals surface area contributed by atoms with E-state index in [0.29, 0.717) is 18.9 Å². The lowest BCUT2D eigenvalue weighted by Crippen LogP contribution is -2.10. The first-order valence-corrected chi connectivity index (χ1v) is 10.2. The molecule has 4 rings (SSSR count). The molecular formula is C25H26O3. The van der Waals surface area contributed by atoms with Crippen LogP contribution in [0.5, 0.6) is 5.75 Å².